The van der Waals surface area contributed by atoms with Crippen LogP contribution < -0.4 is 4.74 Å². The van der Waals surface area contributed by atoms with Crippen molar-refractivity contribution in [3.8, 4) is 11.8 Å². The first kappa shape index (κ1) is 10.8. The Hall–Kier alpha value is -2.31. The molecule has 2 aromatic rings. The maximum atomic E-state index is 10.9. The zero-order valence-electron chi connectivity index (χ0n) is 9.58. The fraction of sp³-hybridized carbons (Fsp3) is 0.133. The Kier molecular flexibility index (Phi) is 2.32. The Balaban J connectivity index is 2.23. The SMILES string of the molecule is N#C[C@H]1Oc2ccccc2[C@@]1(O)c1ccccc1. The van der Waals surface area contributed by atoms with Crippen LogP contribution in [-0.2, 0) is 5.60 Å². The van der Waals surface area contributed by atoms with Gasteiger partial charge in [0.05, 0.1) is 0 Å². The van der Waals surface area contributed by atoms with Gasteiger partial charge >= 0.3 is 0 Å². The zero-order chi connectivity index (χ0) is 12.6. The van der Waals surface area contributed by atoms with Crippen LogP contribution in [0.2, 0.25) is 0 Å². The first-order chi connectivity index (χ1) is 8.76. The number of fused-ring (bicyclic) bond motifs is 1. The van der Waals surface area contributed by atoms with Crippen LogP contribution in [0.3, 0.4) is 0 Å². The van der Waals surface area contributed by atoms with E-state index in [1.807, 2.05) is 36.4 Å². The monoisotopic (exact) mass is 237 g/mol. The number of hydrogen-bond acceptors (Lipinski definition) is 3. The van der Waals surface area contributed by atoms with Gasteiger partial charge in [-0.1, -0.05) is 48.5 Å². The molecule has 2 atom stereocenters. The summed E-state index contributed by atoms with van der Waals surface area (Å²) < 4.78 is 5.52. The van der Waals surface area contributed by atoms with E-state index >= 15 is 0 Å². The minimum Gasteiger partial charge on any atom is -0.471 e. The number of ether oxygens (including phenoxy) is 1. The molecule has 0 spiro atoms. The van der Waals surface area contributed by atoms with Crippen molar-refractivity contribution < 1.29 is 9.84 Å². The minimum absolute atomic E-state index is 0.565. The molecular weight excluding hydrogens is 226 g/mol. The van der Waals surface area contributed by atoms with Gasteiger partial charge in [0.15, 0.2) is 5.60 Å². The lowest BCUT2D eigenvalue weighted by Crippen LogP contribution is -2.38. The van der Waals surface area contributed by atoms with Gasteiger partial charge in [-0.05, 0) is 11.6 Å². The maximum Gasteiger partial charge on any atom is 0.221 e. The number of hydrogen-bond donors (Lipinski definition) is 1. The zero-order valence-corrected chi connectivity index (χ0v) is 9.58. The molecule has 2 aromatic carbocycles. The average Bonchev–Trinajstić information content (AvgIpc) is 2.74. The molecule has 3 nitrogen and oxygen atoms in total. The molecule has 1 aliphatic rings. The summed E-state index contributed by atoms with van der Waals surface area (Å²) in [6.07, 6.45) is -0.919. The highest BCUT2D eigenvalue weighted by molar-refractivity contribution is 5.51. The Morgan fingerprint density at radius 3 is 2.44 bits per heavy atom. The van der Waals surface area contributed by atoms with Gasteiger partial charge in [0.25, 0.3) is 0 Å². The van der Waals surface area contributed by atoms with Crippen LogP contribution >= 0.6 is 0 Å². The topological polar surface area (TPSA) is 53.2 Å². The summed E-state index contributed by atoms with van der Waals surface area (Å²) in [5.74, 6) is 0.565. The highest BCUT2D eigenvalue weighted by atomic mass is 16.5. The first-order valence-electron chi connectivity index (χ1n) is 5.70. The third-order valence-electron chi connectivity index (χ3n) is 3.25. The van der Waals surface area contributed by atoms with Crippen LogP contribution in [0.25, 0.3) is 0 Å². The van der Waals surface area contributed by atoms with E-state index in [1.165, 1.54) is 0 Å². The predicted molar refractivity (Wildman–Crippen MR) is 65.9 cm³/mol. The quantitative estimate of drug-likeness (QED) is 0.827. The van der Waals surface area contributed by atoms with E-state index in [2.05, 4.69) is 0 Å². The van der Waals surface area contributed by atoms with Gasteiger partial charge in [0.1, 0.15) is 11.8 Å². The summed E-state index contributed by atoms with van der Waals surface area (Å²) in [7, 11) is 0. The fourth-order valence-corrected chi connectivity index (χ4v) is 2.36. The van der Waals surface area contributed by atoms with E-state index in [0.717, 1.165) is 0 Å². The van der Waals surface area contributed by atoms with Crippen molar-refractivity contribution in [2.24, 2.45) is 0 Å². The van der Waals surface area contributed by atoms with Crippen molar-refractivity contribution in [2.45, 2.75) is 11.7 Å². The second kappa shape index (κ2) is 3.86. The largest absolute Gasteiger partial charge is 0.471 e. The van der Waals surface area contributed by atoms with Crippen molar-refractivity contribution in [1.82, 2.24) is 0 Å². The normalized spacial score (nSPS) is 25.0. The van der Waals surface area contributed by atoms with E-state index in [1.54, 1.807) is 24.3 Å². The van der Waals surface area contributed by atoms with Crippen LogP contribution in [0, 0.1) is 11.3 Å². The number of para-hydroxylation sites is 1. The maximum absolute atomic E-state index is 10.9. The third kappa shape index (κ3) is 1.33. The molecule has 0 bridgehead atoms. The molecule has 1 heterocycles. The average molecular weight is 237 g/mol. The molecule has 0 saturated carbocycles. The van der Waals surface area contributed by atoms with E-state index in [-0.39, 0.29) is 0 Å². The Labute approximate surface area is 105 Å². The standard InChI is InChI=1S/C15H11NO2/c16-10-14-15(17,11-6-2-1-3-7-11)12-8-4-5-9-13(12)18-14/h1-9,14,17H/t14-,15+/m1/s1. The summed E-state index contributed by atoms with van der Waals surface area (Å²) in [5.41, 5.74) is -0.0867. The summed E-state index contributed by atoms with van der Waals surface area (Å²) in [6.45, 7) is 0. The Morgan fingerprint density at radius 1 is 1.06 bits per heavy atom. The van der Waals surface area contributed by atoms with E-state index in [0.29, 0.717) is 16.9 Å². The lowest BCUT2D eigenvalue weighted by molar-refractivity contribution is 0.0220. The number of benzene rings is 2. The lowest BCUT2D eigenvalue weighted by atomic mass is 9.84. The van der Waals surface area contributed by atoms with Crippen molar-refractivity contribution in [3.05, 3.63) is 65.7 Å². The molecule has 0 saturated heterocycles. The summed E-state index contributed by atoms with van der Waals surface area (Å²) in [5, 5.41) is 20.1. The fourth-order valence-electron chi connectivity index (χ4n) is 2.36. The summed E-state index contributed by atoms with van der Waals surface area (Å²) in [6, 6.07) is 18.4. The highest BCUT2D eigenvalue weighted by Crippen LogP contribution is 2.45. The summed E-state index contributed by atoms with van der Waals surface area (Å²) >= 11 is 0. The second-order valence-electron chi connectivity index (χ2n) is 4.26. The molecule has 0 fully saturated rings. The van der Waals surface area contributed by atoms with E-state index < -0.39 is 11.7 Å². The van der Waals surface area contributed by atoms with Crippen LogP contribution in [0.5, 0.6) is 5.75 Å². The summed E-state index contributed by atoms with van der Waals surface area (Å²) in [4.78, 5) is 0. The molecule has 0 radical (unpaired) electrons. The molecular formula is C15H11NO2. The van der Waals surface area contributed by atoms with Gasteiger partial charge in [-0.15, -0.1) is 0 Å². The van der Waals surface area contributed by atoms with Crippen LogP contribution in [0.4, 0.5) is 0 Å². The Bertz CT molecular complexity index is 618. The molecule has 1 aliphatic heterocycles. The van der Waals surface area contributed by atoms with Crippen molar-refractivity contribution in [2.75, 3.05) is 0 Å². The molecule has 0 unspecified atom stereocenters. The highest BCUT2D eigenvalue weighted by Gasteiger charge is 2.49. The molecule has 18 heavy (non-hydrogen) atoms. The lowest BCUT2D eigenvalue weighted by Gasteiger charge is -2.25. The molecule has 0 aliphatic carbocycles. The first-order valence-corrected chi connectivity index (χ1v) is 5.70. The van der Waals surface area contributed by atoms with Gasteiger partial charge in [0, 0.05) is 5.56 Å². The molecule has 3 heteroatoms. The van der Waals surface area contributed by atoms with Gasteiger partial charge in [0.2, 0.25) is 6.10 Å². The molecule has 0 amide bonds. The number of nitriles is 1. The van der Waals surface area contributed by atoms with Gasteiger partial charge in [-0.3, -0.25) is 0 Å². The predicted octanol–water partition coefficient (Wildman–Crippen LogP) is 2.21. The molecule has 1 N–H and O–H groups in total. The third-order valence-corrected chi connectivity index (χ3v) is 3.25. The molecule has 0 aromatic heterocycles. The van der Waals surface area contributed by atoms with Crippen molar-refractivity contribution in [1.29, 1.82) is 5.26 Å². The number of aliphatic hydroxyl groups is 1. The smallest absolute Gasteiger partial charge is 0.221 e. The molecule has 88 valence electrons. The van der Waals surface area contributed by atoms with E-state index in [4.69, 9.17) is 4.74 Å². The van der Waals surface area contributed by atoms with Gasteiger partial charge in [-0.25, -0.2) is 0 Å². The van der Waals surface area contributed by atoms with Crippen molar-refractivity contribution in [3.63, 3.8) is 0 Å². The van der Waals surface area contributed by atoms with Crippen LogP contribution in [-0.4, -0.2) is 11.2 Å². The number of rotatable bonds is 1. The van der Waals surface area contributed by atoms with Crippen LogP contribution in [0.15, 0.2) is 54.6 Å². The minimum atomic E-state index is -1.40. The molecule has 3 rings (SSSR count). The second-order valence-corrected chi connectivity index (χ2v) is 4.26. The van der Waals surface area contributed by atoms with Crippen LogP contribution in [0.1, 0.15) is 11.1 Å². The van der Waals surface area contributed by atoms with Gasteiger partial charge in [-0.2, -0.15) is 5.26 Å². The van der Waals surface area contributed by atoms with Gasteiger partial charge < -0.3 is 9.84 Å². The number of nitrogens with zero attached hydrogens (tertiary/aromatic N) is 1. The Morgan fingerprint density at radius 2 is 1.72 bits per heavy atom. The van der Waals surface area contributed by atoms with Crippen molar-refractivity contribution >= 4 is 0 Å². The van der Waals surface area contributed by atoms with E-state index in [9.17, 15) is 10.4 Å².